The summed E-state index contributed by atoms with van der Waals surface area (Å²) in [7, 11) is 0. The molecular formula is C39H27IrN3-2. The predicted molar refractivity (Wildman–Crippen MR) is 170 cm³/mol. The number of fused-ring (bicyclic) bond motifs is 3. The first-order chi connectivity index (χ1) is 20.8. The maximum Gasteiger partial charge on any atom is 0.0432 e. The summed E-state index contributed by atoms with van der Waals surface area (Å²) in [5.41, 5.74) is 12.9. The van der Waals surface area contributed by atoms with Crippen molar-refractivity contribution in [3.05, 3.63) is 150 Å². The fraction of sp³-hybridized carbons (Fsp3) is 0.103. The van der Waals surface area contributed by atoms with Crippen LogP contribution in [0.4, 0.5) is 0 Å². The molecule has 2 aromatic heterocycles. The average molecular weight is 730 g/mol. The first kappa shape index (κ1) is 27.3. The quantitative estimate of drug-likeness (QED) is 0.132. The first-order valence-corrected chi connectivity index (χ1v) is 14.5. The molecule has 0 N–H and O–H groups in total. The molecule has 0 saturated heterocycles. The summed E-state index contributed by atoms with van der Waals surface area (Å²) in [6.07, 6.45) is 11.4. The molecule has 0 fully saturated rings. The molecule has 2 heterocycles. The molecule has 0 atom stereocenters. The third kappa shape index (κ3) is 4.97. The Balaban J connectivity index is 0.000000195. The van der Waals surface area contributed by atoms with Crippen molar-refractivity contribution in [1.82, 2.24) is 15.0 Å². The molecule has 0 aliphatic heterocycles. The van der Waals surface area contributed by atoms with E-state index in [2.05, 4.69) is 88.8 Å². The van der Waals surface area contributed by atoms with Gasteiger partial charge in [0.25, 0.3) is 0 Å². The van der Waals surface area contributed by atoms with Crippen molar-refractivity contribution >= 4 is 21.5 Å². The molecule has 7 aromatic rings. The number of benzene rings is 5. The largest absolute Gasteiger partial charge is 0.304 e. The van der Waals surface area contributed by atoms with Gasteiger partial charge in [0.05, 0.1) is 0 Å². The molecule has 0 spiro atoms. The second-order valence-electron chi connectivity index (χ2n) is 10.9. The minimum Gasteiger partial charge on any atom is -0.304 e. The van der Waals surface area contributed by atoms with Crippen LogP contribution in [-0.2, 0) is 45.8 Å². The summed E-state index contributed by atoms with van der Waals surface area (Å²) in [5.74, 6) is 0. The van der Waals surface area contributed by atoms with E-state index in [1.54, 1.807) is 18.6 Å². The number of nitrogens with zero attached hydrogens (tertiary/aromatic N) is 3. The smallest absolute Gasteiger partial charge is 0.0432 e. The van der Waals surface area contributed by atoms with Gasteiger partial charge < -0.3 is 9.97 Å². The number of aryl methyl sites for hydroxylation is 4. The molecule has 1 radical (unpaired) electrons. The van der Waals surface area contributed by atoms with Gasteiger partial charge in [0, 0.05) is 50.6 Å². The van der Waals surface area contributed by atoms with E-state index in [4.69, 9.17) is 4.98 Å². The molecule has 3 nitrogen and oxygen atoms in total. The van der Waals surface area contributed by atoms with E-state index in [1.165, 1.54) is 54.9 Å². The van der Waals surface area contributed by atoms with Gasteiger partial charge in [-0.05, 0) is 70.1 Å². The molecule has 2 aliphatic carbocycles. The Labute approximate surface area is 265 Å². The summed E-state index contributed by atoms with van der Waals surface area (Å²) in [5, 5.41) is 5.05. The maximum atomic E-state index is 4.84. The third-order valence-corrected chi connectivity index (χ3v) is 8.50. The molecule has 9 rings (SSSR count). The van der Waals surface area contributed by atoms with E-state index in [0.29, 0.717) is 0 Å². The summed E-state index contributed by atoms with van der Waals surface area (Å²) in [6, 6.07) is 39.0. The van der Waals surface area contributed by atoms with E-state index < -0.39 is 0 Å². The topological polar surface area (TPSA) is 38.7 Å². The van der Waals surface area contributed by atoms with Gasteiger partial charge in [0.1, 0.15) is 0 Å². The van der Waals surface area contributed by atoms with E-state index in [0.717, 1.165) is 48.2 Å². The van der Waals surface area contributed by atoms with Crippen LogP contribution in [0.3, 0.4) is 0 Å². The van der Waals surface area contributed by atoms with Crippen LogP contribution in [0.1, 0.15) is 22.3 Å². The van der Waals surface area contributed by atoms with Crippen LogP contribution in [0.15, 0.2) is 116 Å². The monoisotopic (exact) mass is 730 g/mol. The normalized spacial score (nSPS) is 12.6. The Morgan fingerprint density at radius 2 is 1.42 bits per heavy atom. The Morgan fingerprint density at radius 1 is 0.581 bits per heavy atom. The van der Waals surface area contributed by atoms with Gasteiger partial charge in [-0.1, -0.05) is 65.7 Å². The molecule has 4 heteroatoms. The molecule has 0 bridgehead atoms. The van der Waals surface area contributed by atoms with Crippen LogP contribution in [0, 0.1) is 12.1 Å². The van der Waals surface area contributed by atoms with Gasteiger partial charge >= 0.3 is 0 Å². The van der Waals surface area contributed by atoms with Crippen molar-refractivity contribution in [2.45, 2.75) is 25.7 Å². The first-order valence-electron chi connectivity index (χ1n) is 14.5. The van der Waals surface area contributed by atoms with Crippen LogP contribution in [0.25, 0.3) is 55.2 Å². The summed E-state index contributed by atoms with van der Waals surface area (Å²) in [4.78, 5) is 13.0. The van der Waals surface area contributed by atoms with Gasteiger partial charge in [-0.15, -0.1) is 64.7 Å². The number of hydrogen-bond acceptors (Lipinski definition) is 3. The summed E-state index contributed by atoms with van der Waals surface area (Å²) >= 11 is 0. The second-order valence-corrected chi connectivity index (χ2v) is 10.9. The second kappa shape index (κ2) is 11.6. The van der Waals surface area contributed by atoms with Crippen molar-refractivity contribution in [2.24, 2.45) is 0 Å². The van der Waals surface area contributed by atoms with Crippen LogP contribution in [0.2, 0.25) is 0 Å². The minimum absolute atomic E-state index is 0. The van der Waals surface area contributed by atoms with Crippen LogP contribution in [-0.4, -0.2) is 15.0 Å². The standard InChI is InChI=1S/C29H20N.C10H7N2.Ir/c1-2-7-24-18(4-1)12-13-26-25(24)14-15-30-29(26)23-16-21-10-8-19-5-3-6-20-9-11-22(17-23)28(21)27(19)20;1-2-4-9(5-3-1)10-8-11-6-7-12-10;/h1-7,12-16H,8-11H2;1-4,6-8H;/q2*-1;. The number of rotatable bonds is 2. The molecule has 0 saturated carbocycles. The Morgan fingerprint density at radius 3 is 2.26 bits per heavy atom. The Hall–Kier alpha value is -4.50. The Bertz CT molecular complexity index is 2000. The van der Waals surface area contributed by atoms with Gasteiger partial charge in [0.15, 0.2) is 0 Å². The van der Waals surface area contributed by atoms with E-state index >= 15 is 0 Å². The fourth-order valence-corrected chi connectivity index (χ4v) is 6.59. The predicted octanol–water partition coefficient (Wildman–Crippen LogP) is 8.66. The van der Waals surface area contributed by atoms with E-state index in [9.17, 15) is 0 Å². The van der Waals surface area contributed by atoms with Crippen molar-refractivity contribution in [2.75, 3.05) is 0 Å². The maximum absolute atomic E-state index is 4.84. The zero-order valence-corrected chi connectivity index (χ0v) is 25.9. The third-order valence-electron chi connectivity index (χ3n) is 8.50. The van der Waals surface area contributed by atoms with Crippen molar-refractivity contribution in [3.63, 3.8) is 0 Å². The van der Waals surface area contributed by atoms with Crippen molar-refractivity contribution in [3.8, 4) is 33.6 Å². The van der Waals surface area contributed by atoms with Crippen molar-refractivity contribution < 1.29 is 20.1 Å². The Kier molecular flexibility index (Phi) is 7.40. The zero-order chi connectivity index (χ0) is 27.9. The summed E-state index contributed by atoms with van der Waals surface area (Å²) < 4.78 is 0. The summed E-state index contributed by atoms with van der Waals surface area (Å²) in [6.45, 7) is 0. The van der Waals surface area contributed by atoms with Gasteiger partial charge in [-0.25, -0.2) is 0 Å². The average Bonchev–Trinajstić information content (AvgIpc) is 3.08. The van der Waals surface area contributed by atoms with Gasteiger partial charge in [-0.2, -0.15) is 0 Å². The number of hydrogen-bond donors (Lipinski definition) is 0. The van der Waals surface area contributed by atoms with Crippen LogP contribution < -0.4 is 0 Å². The minimum atomic E-state index is 0. The van der Waals surface area contributed by atoms with E-state index in [-0.39, 0.29) is 20.1 Å². The molecule has 0 amide bonds. The number of pyridine rings is 1. The van der Waals surface area contributed by atoms with Crippen molar-refractivity contribution in [1.29, 1.82) is 0 Å². The van der Waals surface area contributed by atoms with Crippen LogP contribution >= 0.6 is 0 Å². The zero-order valence-electron chi connectivity index (χ0n) is 23.5. The molecular weight excluding hydrogens is 703 g/mol. The molecule has 43 heavy (non-hydrogen) atoms. The molecule has 0 unspecified atom stereocenters. The number of aromatic nitrogens is 3. The molecule has 2 aliphatic rings. The molecule has 5 aromatic carbocycles. The van der Waals surface area contributed by atoms with E-state index in [1.807, 2.05) is 30.5 Å². The van der Waals surface area contributed by atoms with Crippen LogP contribution in [0.5, 0.6) is 0 Å². The van der Waals surface area contributed by atoms with Gasteiger partial charge in [-0.3, -0.25) is 4.98 Å². The molecule has 209 valence electrons. The van der Waals surface area contributed by atoms with Gasteiger partial charge in [0.2, 0.25) is 0 Å². The SMILES string of the molecule is [Ir].[c-]1c(-c2nccc3c2ccc2ccccc23)cc2c3c1CCc1cccc(c1-3)CC2.[c-]1ccccc1-c1cnccn1. The fourth-order valence-electron chi connectivity index (χ4n) is 6.59.